The van der Waals surface area contributed by atoms with Crippen molar-refractivity contribution in [1.82, 2.24) is 20.3 Å². The number of amides is 1. The molecule has 0 unspecified atom stereocenters. The SMILES string of the molecule is CC(/C=C/C1=C(C(=O)N(C)C)CCCC1(C)C)=C\C=C\C(C)=C\c1[nH]nnc1S. The molecule has 1 aromatic heterocycles. The lowest BCUT2D eigenvalue weighted by molar-refractivity contribution is -0.125. The van der Waals surface area contributed by atoms with Crippen LogP contribution in [0.2, 0.25) is 0 Å². The molecule has 0 fully saturated rings. The van der Waals surface area contributed by atoms with E-state index >= 15 is 0 Å². The zero-order valence-corrected chi connectivity index (χ0v) is 19.2. The fourth-order valence-corrected chi connectivity index (χ4v) is 3.59. The lowest BCUT2D eigenvalue weighted by Crippen LogP contribution is -2.30. The van der Waals surface area contributed by atoms with Gasteiger partial charge in [0.15, 0.2) is 0 Å². The molecule has 0 saturated heterocycles. The zero-order chi connectivity index (χ0) is 21.6. The molecule has 156 valence electrons. The highest BCUT2D eigenvalue weighted by Crippen LogP contribution is 2.41. The first-order chi connectivity index (χ1) is 13.6. The van der Waals surface area contributed by atoms with Crippen molar-refractivity contribution in [2.45, 2.75) is 52.0 Å². The van der Waals surface area contributed by atoms with E-state index in [0.717, 1.165) is 47.2 Å². The molecule has 1 aliphatic carbocycles. The third-order valence-electron chi connectivity index (χ3n) is 5.11. The summed E-state index contributed by atoms with van der Waals surface area (Å²) < 4.78 is 0. The van der Waals surface area contributed by atoms with Crippen LogP contribution in [0, 0.1) is 5.41 Å². The predicted molar refractivity (Wildman–Crippen MR) is 123 cm³/mol. The molecule has 1 aromatic rings. The Labute approximate surface area is 179 Å². The summed E-state index contributed by atoms with van der Waals surface area (Å²) in [4.78, 5) is 14.3. The van der Waals surface area contributed by atoms with Gasteiger partial charge in [0.1, 0.15) is 5.03 Å². The highest BCUT2D eigenvalue weighted by Gasteiger charge is 2.31. The molecule has 2 rings (SSSR count). The quantitative estimate of drug-likeness (QED) is 0.502. The van der Waals surface area contributed by atoms with Gasteiger partial charge in [-0.15, -0.1) is 17.7 Å². The molecule has 0 saturated carbocycles. The van der Waals surface area contributed by atoms with Gasteiger partial charge >= 0.3 is 0 Å². The Hall–Kier alpha value is -2.34. The number of aromatic amines is 1. The minimum absolute atomic E-state index is 0.00782. The number of H-pyrrole nitrogens is 1. The molecule has 5 nitrogen and oxygen atoms in total. The van der Waals surface area contributed by atoms with E-state index in [-0.39, 0.29) is 11.3 Å². The van der Waals surface area contributed by atoms with Crippen LogP contribution in [0.1, 0.15) is 52.7 Å². The topological polar surface area (TPSA) is 61.9 Å². The Morgan fingerprint density at radius 3 is 2.55 bits per heavy atom. The van der Waals surface area contributed by atoms with Crippen LogP contribution >= 0.6 is 12.6 Å². The van der Waals surface area contributed by atoms with E-state index < -0.39 is 0 Å². The van der Waals surface area contributed by atoms with Crippen molar-refractivity contribution in [3.8, 4) is 0 Å². The molecule has 0 spiro atoms. The second-order valence-electron chi connectivity index (χ2n) is 8.37. The summed E-state index contributed by atoms with van der Waals surface area (Å²) in [5.41, 5.74) is 5.09. The van der Waals surface area contributed by atoms with Crippen LogP contribution in [-0.2, 0) is 4.79 Å². The Morgan fingerprint density at radius 1 is 1.21 bits per heavy atom. The van der Waals surface area contributed by atoms with Crippen molar-refractivity contribution in [1.29, 1.82) is 0 Å². The third-order valence-corrected chi connectivity index (χ3v) is 5.44. The molecule has 6 heteroatoms. The van der Waals surface area contributed by atoms with E-state index in [1.165, 1.54) is 0 Å². The van der Waals surface area contributed by atoms with Crippen LogP contribution in [0.4, 0.5) is 0 Å². The third kappa shape index (κ3) is 6.32. The van der Waals surface area contributed by atoms with Gasteiger partial charge in [-0.2, -0.15) is 0 Å². The van der Waals surface area contributed by atoms with E-state index in [1.54, 1.807) is 4.90 Å². The number of carbonyl (C=O) groups is 1. The number of allylic oxidation sites excluding steroid dienone is 8. The molecular weight excluding hydrogens is 380 g/mol. The van der Waals surface area contributed by atoms with E-state index in [4.69, 9.17) is 0 Å². The van der Waals surface area contributed by atoms with Crippen LogP contribution in [-0.4, -0.2) is 40.3 Å². The predicted octanol–water partition coefficient (Wildman–Crippen LogP) is 5.15. The van der Waals surface area contributed by atoms with Gasteiger partial charge in [0.25, 0.3) is 0 Å². The average molecular weight is 413 g/mol. The summed E-state index contributed by atoms with van der Waals surface area (Å²) in [5.74, 6) is 0.122. The molecule has 1 amide bonds. The van der Waals surface area contributed by atoms with Crippen LogP contribution in [0.3, 0.4) is 0 Å². The van der Waals surface area contributed by atoms with Gasteiger partial charge in [-0.05, 0) is 55.7 Å². The van der Waals surface area contributed by atoms with Gasteiger partial charge in [-0.3, -0.25) is 9.89 Å². The monoisotopic (exact) mass is 412 g/mol. The minimum Gasteiger partial charge on any atom is -0.345 e. The second kappa shape index (κ2) is 9.92. The smallest absolute Gasteiger partial charge is 0.249 e. The number of nitrogens with zero attached hydrogens (tertiary/aromatic N) is 3. The lowest BCUT2D eigenvalue weighted by Gasteiger charge is -2.34. The van der Waals surface area contributed by atoms with Gasteiger partial charge in [0, 0.05) is 19.7 Å². The summed E-state index contributed by atoms with van der Waals surface area (Å²) in [6, 6.07) is 0. The normalized spacial score (nSPS) is 18.2. The van der Waals surface area contributed by atoms with E-state index in [0.29, 0.717) is 5.03 Å². The van der Waals surface area contributed by atoms with E-state index in [2.05, 4.69) is 67.0 Å². The van der Waals surface area contributed by atoms with Crippen molar-refractivity contribution in [2.24, 2.45) is 5.41 Å². The van der Waals surface area contributed by atoms with E-state index in [1.807, 2.05) is 39.2 Å². The Kier molecular flexibility index (Phi) is 7.85. The van der Waals surface area contributed by atoms with Crippen LogP contribution < -0.4 is 0 Å². The van der Waals surface area contributed by atoms with Crippen LogP contribution in [0.5, 0.6) is 0 Å². The highest BCUT2D eigenvalue weighted by molar-refractivity contribution is 7.80. The number of aromatic nitrogens is 3. The Balaban J connectivity index is 2.18. The first kappa shape index (κ1) is 22.9. The van der Waals surface area contributed by atoms with Gasteiger partial charge in [0.05, 0.1) is 5.69 Å². The molecule has 0 atom stereocenters. The number of hydrogen-bond donors (Lipinski definition) is 2. The fourth-order valence-electron chi connectivity index (χ4n) is 3.43. The van der Waals surface area contributed by atoms with Gasteiger partial charge in [-0.1, -0.05) is 55.0 Å². The number of rotatable bonds is 6. The molecule has 0 aromatic carbocycles. The molecule has 1 aliphatic rings. The van der Waals surface area contributed by atoms with Gasteiger partial charge in [0.2, 0.25) is 5.91 Å². The zero-order valence-electron chi connectivity index (χ0n) is 18.3. The molecule has 0 aliphatic heterocycles. The van der Waals surface area contributed by atoms with Crippen molar-refractivity contribution >= 4 is 24.6 Å². The number of thiol groups is 1. The van der Waals surface area contributed by atoms with Crippen molar-refractivity contribution in [2.75, 3.05) is 14.1 Å². The average Bonchev–Trinajstić information content (AvgIpc) is 3.03. The summed E-state index contributed by atoms with van der Waals surface area (Å²) >= 11 is 4.25. The van der Waals surface area contributed by atoms with E-state index in [9.17, 15) is 4.79 Å². The number of hydrogen-bond acceptors (Lipinski definition) is 4. The molecule has 1 N–H and O–H groups in total. The van der Waals surface area contributed by atoms with Crippen molar-refractivity contribution in [3.63, 3.8) is 0 Å². The molecular formula is C23H32N4OS. The summed E-state index contributed by atoms with van der Waals surface area (Å²) in [6.07, 6.45) is 15.3. The lowest BCUT2D eigenvalue weighted by atomic mass is 9.72. The standard InChI is InChI=1S/C23H32N4OS/c1-16(9-7-10-17(2)15-20-21(29)25-26-24-20)12-13-19-18(22(28)27(5)6)11-8-14-23(19,3)4/h7,9-10,12-13,15H,8,11,14H2,1-6H3,(H2,24,25,26,29)/b10-7+,13-12+,16-9+,17-15+. The van der Waals surface area contributed by atoms with Gasteiger partial charge < -0.3 is 4.90 Å². The number of likely N-dealkylation sites (N-methyl/N-ethyl adjacent to an activating group) is 1. The summed E-state index contributed by atoms with van der Waals surface area (Å²) in [6.45, 7) is 8.52. The summed E-state index contributed by atoms with van der Waals surface area (Å²) in [7, 11) is 3.64. The first-order valence-corrected chi connectivity index (χ1v) is 10.3. The number of carbonyl (C=O) groups excluding carboxylic acids is 1. The largest absolute Gasteiger partial charge is 0.345 e. The maximum Gasteiger partial charge on any atom is 0.249 e. The van der Waals surface area contributed by atoms with Gasteiger partial charge in [-0.25, -0.2) is 0 Å². The highest BCUT2D eigenvalue weighted by atomic mass is 32.1. The minimum atomic E-state index is 0.00782. The van der Waals surface area contributed by atoms with Crippen molar-refractivity contribution in [3.05, 3.63) is 58.4 Å². The number of nitrogens with one attached hydrogen (secondary N) is 1. The summed E-state index contributed by atoms with van der Waals surface area (Å²) in [5, 5.41) is 10.9. The Morgan fingerprint density at radius 2 is 1.93 bits per heavy atom. The maximum atomic E-state index is 12.6. The van der Waals surface area contributed by atoms with Crippen LogP contribution in [0.25, 0.3) is 6.08 Å². The molecule has 1 heterocycles. The first-order valence-electron chi connectivity index (χ1n) is 9.88. The molecule has 29 heavy (non-hydrogen) atoms. The second-order valence-corrected chi connectivity index (χ2v) is 8.79. The molecule has 0 radical (unpaired) electrons. The van der Waals surface area contributed by atoms with Crippen molar-refractivity contribution < 1.29 is 4.79 Å². The maximum absolute atomic E-state index is 12.6. The molecule has 0 bridgehead atoms. The fraction of sp³-hybridized carbons (Fsp3) is 0.435. The van der Waals surface area contributed by atoms with Crippen LogP contribution in [0.15, 0.2) is 57.7 Å². The Bertz CT molecular complexity index is 898.